The average molecular weight is 675 g/mol. The molecular weight excluding hydrogens is 611 g/mol. The third kappa shape index (κ3) is 11.9. The Bertz CT molecular complexity index is 784. The van der Waals surface area contributed by atoms with Crippen molar-refractivity contribution in [3.05, 3.63) is 43.7 Å². The molecule has 1 aromatic rings. The van der Waals surface area contributed by atoms with E-state index in [0.29, 0.717) is 0 Å². The SMILES string of the molecule is CCCCC1CCCC1.COc1c(C(C)(C)C)cc(C2CCCC3CC(C)CC32)cc1C(C)(C)C.[CH3-].[CH3-].[Cl][Zr+2][Cl]. The van der Waals surface area contributed by atoms with E-state index in [2.05, 4.69) is 67.5 Å². The predicted molar refractivity (Wildman–Crippen MR) is 178 cm³/mol. The molecule has 4 rings (SSSR count). The fourth-order valence-electron chi connectivity index (χ4n) is 7.49. The molecule has 0 aliphatic heterocycles. The molecule has 0 bridgehead atoms. The van der Waals surface area contributed by atoms with E-state index in [1.807, 2.05) is 7.11 Å². The first-order chi connectivity index (χ1) is 17.9. The van der Waals surface area contributed by atoms with Gasteiger partial charge in [-0.05, 0) is 65.2 Å². The summed E-state index contributed by atoms with van der Waals surface area (Å²) in [5.74, 6) is 5.74. The van der Waals surface area contributed by atoms with Gasteiger partial charge in [-0.3, -0.25) is 0 Å². The van der Waals surface area contributed by atoms with Gasteiger partial charge in [-0.2, -0.15) is 0 Å². The topological polar surface area (TPSA) is 9.23 Å². The van der Waals surface area contributed by atoms with E-state index in [4.69, 9.17) is 21.8 Å². The van der Waals surface area contributed by atoms with Crippen LogP contribution in [0.3, 0.4) is 0 Å². The molecule has 4 heteroatoms. The summed E-state index contributed by atoms with van der Waals surface area (Å²) in [5.41, 5.74) is 4.55. The van der Waals surface area contributed by atoms with Gasteiger partial charge in [-0.1, -0.05) is 125 Å². The zero-order valence-corrected chi connectivity index (χ0v) is 32.2. The van der Waals surface area contributed by atoms with Crippen LogP contribution in [0, 0.1) is 38.5 Å². The number of ether oxygens (including phenoxy) is 1. The van der Waals surface area contributed by atoms with Gasteiger partial charge in [-0.25, -0.2) is 0 Å². The van der Waals surface area contributed by atoms with E-state index in [9.17, 15) is 0 Å². The molecule has 0 radical (unpaired) electrons. The van der Waals surface area contributed by atoms with Crippen LogP contribution in [0.15, 0.2) is 12.1 Å². The maximum atomic E-state index is 5.98. The van der Waals surface area contributed by atoms with Gasteiger partial charge >= 0.3 is 37.9 Å². The van der Waals surface area contributed by atoms with Crippen LogP contribution >= 0.6 is 17.0 Å². The quantitative estimate of drug-likeness (QED) is 0.283. The summed E-state index contributed by atoms with van der Waals surface area (Å²) in [4.78, 5) is 0. The Morgan fingerprint density at radius 3 is 1.82 bits per heavy atom. The van der Waals surface area contributed by atoms with Crippen molar-refractivity contribution in [3.8, 4) is 5.75 Å². The first-order valence-electron chi connectivity index (χ1n) is 15.6. The monoisotopic (exact) mass is 672 g/mol. The maximum absolute atomic E-state index is 5.98. The van der Waals surface area contributed by atoms with Crippen molar-refractivity contribution in [1.82, 2.24) is 0 Å². The number of hydrogen-bond acceptors (Lipinski definition) is 1. The van der Waals surface area contributed by atoms with E-state index < -0.39 is 20.8 Å². The van der Waals surface area contributed by atoms with E-state index >= 15 is 0 Å². The number of methoxy groups -OCH3 is 1. The van der Waals surface area contributed by atoms with Crippen LogP contribution in [0.5, 0.6) is 5.75 Å². The van der Waals surface area contributed by atoms with E-state index in [0.717, 1.165) is 35.3 Å². The number of hydrogen-bond donors (Lipinski definition) is 0. The molecule has 0 aromatic heterocycles. The van der Waals surface area contributed by atoms with Crippen LogP contribution in [-0.2, 0) is 31.7 Å². The molecule has 232 valence electrons. The molecule has 40 heavy (non-hydrogen) atoms. The van der Waals surface area contributed by atoms with Crippen molar-refractivity contribution in [2.24, 2.45) is 23.7 Å². The Labute approximate surface area is 270 Å². The molecule has 1 aromatic carbocycles. The van der Waals surface area contributed by atoms with Crippen molar-refractivity contribution in [2.75, 3.05) is 7.11 Å². The van der Waals surface area contributed by atoms with Crippen LogP contribution in [0.2, 0.25) is 0 Å². The number of rotatable bonds is 5. The van der Waals surface area contributed by atoms with Crippen LogP contribution in [0.4, 0.5) is 0 Å². The molecule has 0 saturated heterocycles. The van der Waals surface area contributed by atoms with E-state index in [-0.39, 0.29) is 25.7 Å². The fraction of sp³-hybridized carbons (Fsp3) is 0.778. The molecule has 0 heterocycles. The Morgan fingerprint density at radius 2 is 1.38 bits per heavy atom. The third-order valence-electron chi connectivity index (χ3n) is 9.39. The second-order valence-electron chi connectivity index (χ2n) is 14.6. The molecule has 4 atom stereocenters. The van der Waals surface area contributed by atoms with Crippen molar-refractivity contribution >= 4 is 17.0 Å². The van der Waals surface area contributed by atoms with Gasteiger partial charge in [-0.15, -0.1) is 0 Å². The number of unbranched alkanes of at least 4 members (excludes halogenated alkanes) is 1. The summed E-state index contributed by atoms with van der Waals surface area (Å²) in [6, 6.07) is 5.01. The summed E-state index contributed by atoms with van der Waals surface area (Å²) in [7, 11) is 11.7. The standard InChI is InChI=1S/C25H40O.C9H18.2CH3.2ClH.Zr/c1-16-12-17-10-9-11-19(20(17)13-16)18-14-21(24(2,3)4)23(26-8)22(15-18)25(5,6)7;1-2-3-6-9-7-4-5-8-9;;;;;/h14-17,19-20H,9-13H2,1-8H3;9H,2-8H2,1H3;2*1H3;2*1H;/q;;2*-1;;;+4/p-2. The van der Waals surface area contributed by atoms with Gasteiger partial charge in [0.2, 0.25) is 0 Å². The molecule has 0 amide bonds. The number of benzene rings is 1. The molecule has 3 saturated carbocycles. The Kier molecular flexibility index (Phi) is 19.2. The van der Waals surface area contributed by atoms with E-state index in [1.54, 1.807) is 5.56 Å². The minimum absolute atomic E-state index is 0. The summed E-state index contributed by atoms with van der Waals surface area (Å²) in [6.45, 7) is 18.7. The molecule has 4 unspecified atom stereocenters. The molecule has 3 aliphatic rings. The van der Waals surface area contributed by atoms with Gasteiger partial charge in [0.25, 0.3) is 0 Å². The van der Waals surface area contributed by atoms with Crippen molar-refractivity contribution in [2.45, 2.75) is 149 Å². The van der Waals surface area contributed by atoms with Crippen molar-refractivity contribution in [1.29, 1.82) is 0 Å². The second kappa shape index (κ2) is 19.0. The van der Waals surface area contributed by atoms with Gasteiger partial charge in [0, 0.05) is 11.1 Å². The number of halogens is 2. The first kappa shape index (κ1) is 40.5. The summed E-state index contributed by atoms with van der Waals surface area (Å²) >= 11 is -0.826. The zero-order chi connectivity index (χ0) is 28.5. The molecule has 3 aliphatic carbocycles. The predicted octanol–water partition coefficient (Wildman–Crippen LogP) is 12.9. The number of fused-ring (bicyclic) bond motifs is 1. The van der Waals surface area contributed by atoms with Crippen molar-refractivity contribution in [3.63, 3.8) is 0 Å². The molecular formula is C36H64Cl2OZr. The Morgan fingerprint density at radius 1 is 0.850 bits per heavy atom. The van der Waals surface area contributed by atoms with Crippen molar-refractivity contribution < 1.29 is 25.6 Å². The summed E-state index contributed by atoms with van der Waals surface area (Å²) in [6.07, 6.45) is 17.5. The zero-order valence-electron chi connectivity index (χ0n) is 28.2. The van der Waals surface area contributed by atoms with Crippen LogP contribution in [0.25, 0.3) is 0 Å². The Balaban J connectivity index is 0.000000914. The van der Waals surface area contributed by atoms with E-state index in [1.165, 1.54) is 88.2 Å². The van der Waals surface area contributed by atoms with Crippen LogP contribution in [-0.4, -0.2) is 7.11 Å². The normalized spacial score (nSPS) is 24.2. The Hall–Kier alpha value is 0.483. The third-order valence-corrected chi connectivity index (χ3v) is 9.39. The van der Waals surface area contributed by atoms with Gasteiger partial charge in [0.05, 0.1) is 7.11 Å². The molecule has 1 nitrogen and oxygen atoms in total. The molecule has 0 spiro atoms. The molecule has 0 N–H and O–H groups in total. The average Bonchev–Trinajstić information content (AvgIpc) is 3.50. The van der Waals surface area contributed by atoms with Gasteiger partial charge in [0.1, 0.15) is 5.75 Å². The second-order valence-corrected chi connectivity index (χ2v) is 18.3. The van der Waals surface area contributed by atoms with Gasteiger partial charge in [0.15, 0.2) is 0 Å². The summed E-state index contributed by atoms with van der Waals surface area (Å²) < 4.78 is 5.98. The van der Waals surface area contributed by atoms with Crippen LogP contribution < -0.4 is 4.74 Å². The van der Waals surface area contributed by atoms with Gasteiger partial charge < -0.3 is 19.6 Å². The molecule has 3 fully saturated rings. The minimum atomic E-state index is -0.826. The first-order valence-corrected chi connectivity index (χ1v) is 21.9. The van der Waals surface area contributed by atoms with Crippen LogP contribution in [0.1, 0.15) is 155 Å². The summed E-state index contributed by atoms with van der Waals surface area (Å²) in [5, 5.41) is 0. The fourth-order valence-corrected chi connectivity index (χ4v) is 7.49.